The Kier molecular flexibility index (Phi) is 6.57. The zero-order chi connectivity index (χ0) is 20.8. The number of amides is 3. The maximum Gasteiger partial charge on any atom is 0.325 e. The number of piperazine rings is 1. The summed E-state index contributed by atoms with van der Waals surface area (Å²) in [5.41, 5.74) is 2.26. The van der Waals surface area contributed by atoms with Crippen molar-refractivity contribution in [2.75, 3.05) is 39.4 Å². The van der Waals surface area contributed by atoms with E-state index in [1.807, 2.05) is 48.5 Å². The number of benzene rings is 2. The van der Waals surface area contributed by atoms with Crippen LogP contribution in [0.2, 0.25) is 0 Å². The average molecular weight is 405 g/mol. The van der Waals surface area contributed by atoms with E-state index in [1.54, 1.807) is 0 Å². The van der Waals surface area contributed by atoms with Crippen molar-refractivity contribution in [3.63, 3.8) is 0 Å². The average Bonchev–Trinajstić information content (AvgIpc) is 3.04. The minimum absolute atomic E-state index is 0.128. The van der Waals surface area contributed by atoms with Crippen LogP contribution in [0.4, 0.5) is 4.79 Å². The lowest BCUT2D eigenvalue weighted by atomic mass is 10.1. The van der Waals surface area contributed by atoms with Gasteiger partial charge in [0.1, 0.15) is 6.04 Å². The third kappa shape index (κ3) is 5.14. The number of nitrogens with zero attached hydrogens (tertiary/aromatic N) is 3. The minimum atomic E-state index is -0.468. The van der Waals surface area contributed by atoms with Crippen LogP contribution in [0.5, 0.6) is 0 Å². The molecule has 4 rings (SSSR count). The van der Waals surface area contributed by atoms with E-state index in [0.29, 0.717) is 13.1 Å². The first-order valence-corrected chi connectivity index (χ1v) is 10.5. The standard InChI is InChI=1S/C24H28N4O2/c29-23-22(18-21-10-5-2-6-11-21)25-24(30)28(23)19-27-16-14-26(15-17-27)13-7-12-20-8-3-1-4-9-20/h1-12,22H,13-19H2,(H,25,30). The molecule has 0 aromatic heterocycles. The second kappa shape index (κ2) is 9.69. The Morgan fingerprint density at radius 3 is 2.20 bits per heavy atom. The molecule has 3 amide bonds. The van der Waals surface area contributed by atoms with E-state index < -0.39 is 6.04 Å². The highest BCUT2D eigenvalue weighted by molar-refractivity contribution is 6.04. The van der Waals surface area contributed by atoms with Gasteiger partial charge < -0.3 is 5.32 Å². The largest absolute Gasteiger partial charge is 0.325 e. The number of hydrogen-bond acceptors (Lipinski definition) is 4. The fraction of sp³-hybridized carbons (Fsp3) is 0.333. The second-order valence-electron chi connectivity index (χ2n) is 7.83. The monoisotopic (exact) mass is 404 g/mol. The van der Waals surface area contributed by atoms with Gasteiger partial charge in [-0.15, -0.1) is 0 Å². The van der Waals surface area contributed by atoms with Gasteiger partial charge in [-0.2, -0.15) is 0 Å². The van der Waals surface area contributed by atoms with Gasteiger partial charge in [-0.1, -0.05) is 72.8 Å². The van der Waals surface area contributed by atoms with Gasteiger partial charge in [0.25, 0.3) is 5.91 Å². The van der Waals surface area contributed by atoms with Gasteiger partial charge in [-0.25, -0.2) is 9.69 Å². The van der Waals surface area contributed by atoms with Crippen molar-refractivity contribution in [1.82, 2.24) is 20.0 Å². The molecule has 156 valence electrons. The van der Waals surface area contributed by atoms with Crippen molar-refractivity contribution in [1.29, 1.82) is 0 Å². The Hall–Kier alpha value is -2.96. The molecule has 2 aliphatic heterocycles. The lowest BCUT2D eigenvalue weighted by Gasteiger charge is -2.35. The maximum atomic E-state index is 12.7. The molecule has 1 N–H and O–H groups in total. The fourth-order valence-corrected chi connectivity index (χ4v) is 3.91. The van der Waals surface area contributed by atoms with Crippen LogP contribution in [0.25, 0.3) is 6.08 Å². The quantitative estimate of drug-likeness (QED) is 0.721. The molecule has 1 atom stereocenters. The molecule has 2 fully saturated rings. The molecule has 0 radical (unpaired) electrons. The van der Waals surface area contributed by atoms with Crippen LogP contribution in [0.1, 0.15) is 11.1 Å². The highest BCUT2D eigenvalue weighted by Crippen LogP contribution is 2.14. The smallest absolute Gasteiger partial charge is 0.325 e. The number of hydrogen-bond donors (Lipinski definition) is 1. The number of rotatable bonds is 7. The van der Waals surface area contributed by atoms with Crippen LogP contribution in [-0.2, 0) is 11.2 Å². The summed E-state index contributed by atoms with van der Waals surface area (Å²) in [4.78, 5) is 31.0. The Morgan fingerprint density at radius 1 is 0.867 bits per heavy atom. The molecule has 0 aliphatic carbocycles. The van der Waals surface area contributed by atoms with E-state index in [-0.39, 0.29) is 11.9 Å². The van der Waals surface area contributed by atoms with Crippen molar-refractivity contribution in [3.05, 3.63) is 77.9 Å². The molecule has 2 aromatic carbocycles. The molecule has 2 saturated heterocycles. The first-order valence-electron chi connectivity index (χ1n) is 10.5. The Bertz CT molecular complexity index is 877. The third-order valence-corrected chi connectivity index (χ3v) is 5.67. The summed E-state index contributed by atoms with van der Waals surface area (Å²) in [5, 5.41) is 2.84. The van der Waals surface area contributed by atoms with Crippen LogP contribution in [-0.4, -0.2) is 72.1 Å². The van der Waals surface area contributed by atoms with Crippen molar-refractivity contribution in [2.45, 2.75) is 12.5 Å². The van der Waals surface area contributed by atoms with E-state index >= 15 is 0 Å². The Balaban J connectivity index is 1.23. The summed E-state index contributed by atoms with van der Waals surface area (Å²) >= 11 is 0. The normalized spacial score (nSPS) is 20.8. The molecular formula is C24H28N4O2. The van der Waals surface area contributed by atoms with E-state index in [0.717, 1.165) is 38.3 Å². The van der Waals surface area contributed by atoms with Crippen LogP contribution < -0.4 is 5.32 Å². The van der Waals surface area contributed by atoms with E-state index in [2.05, 4.69) is 39.4 Å². The summed E-state index contributed by atoms with van der Waals surface area (Å²) < 4.78 is 0. The lowest BCUT2D eigenvalue weighted by molar-refractivity contribution is -0.129. The van der Waals surface area contributed by atoms with Crippen molar-refractivity contribution >= 4 is 18.0 Å². The molecule has 2 aliphatic rings. The van der Waals surface area contributed by atoms with E-state index in [4.69, 9.17) is 0 Å². The molecule has 0 spiro atoms. The topological polar surface area (TPSA) is 55.9 Å². The van der Waals surface area contributed by atoms with Crippen LogP contribution in [0.15, 0.2) is 66.7 Å². The fourth-order valence-electron chi connectivity index (χ4n) is 3.91. The highest BCUT2D eigenvalue weighted by Gasteiger charge is 2.38. The molecule has 6 nitrogen and oxygen atoms in total. The zero-order valence-electron chi connectivity index (χ0n) is 17.1. The number of nitrogens with one attached hydrogen (secondary N) is 1. The van der Waals surface area contributed by atoms with Crippen LogP contribution >= 0.6 is 0 Å². The van der Waals surface area contributed by atoms with Gasteiger partial charge in [0, 0.05) is 39.1 Å². The number of carbonyl (C=O) groups excluding carboxylic acids is 2. The summed E-state index contributed by atoms with van der Waals surface area (Å²) in [6.07, 6.45) is 4.87. The summed E-state index contributed by atoms with van der Waals surface area (Å²) in [6, 6.07) is 19.3. The number of imide groups is 1. The van der Waals surface area contributed by atoms with Gasteiger partial charge in [0.2, 0.25) is 0 Å². The van der Waals surface area contributed by atoms with Crippen molar-refractivity contribution in [2.24, 2.45) is 0 Å². The molecule has 2 aromatic rings. The molecule has 0 saturated carbocycles. The molecule has 6 heteroatoms. The van der Waals surface area contributed by atoms with Gasteiger partial charge in [0.05, 0.1) is 6.67 Å². The van der Waals surface area contributed by atoms with Crippen molar-refractivity contribution in [3.8, 4) is 0 Å². The molecular weight excluding hydrogens is 376 g/mol. The van der Waals surface area contributed by atoms with E-state index in [9.17, 15) is 9.59 Å². The highest BCUT2D eigenvalue weighted by atomic mass is 16.2. The molecule has 1 unspecified atom stereocenters. The zero-order valence-corrected chi connectivity index (χ0v) is 17.1. The molecule has 2 heterocycles. The van der Waals surface area contributed by atoms with Crippen molar-refractivity contribution < 1.29 is 9.59 Å². The van der Waals surface area contributed by atoms with Gasteiger partial charge in [0.15, 0.2) is 0 Å². The van der Waals surface area contributed by atoms with Crippen LogP contribution in [0, 0.1) is 0 Å². The SMILES string of the molecule is O=C1NC(Cc2ccccc2)C(=O)N1CN1CCN(CC=Cc2ccccc2)CC1. The van der Waals surface area contributed by atoms with Crippen LogP contribution in [0.3, 0.4) is 0 Å². The van der Waals surface area contributed by atoms with E-state index in [1.165, 1.54) is 10.5 Å². The minimum Gasteiger partial charge on any atom is -0.325 e. The predicted octanol–water partition coefficient (Wildman–Crippen LogP) is 2.44. The summed E-state index contributed by atoms with van der Waals surface area (Å²) in [5.74, 6) is -0.128. The second-order valence-corrected chi connectivity index (χ2v) is 7.83. The maximum absolute atomic E-state index is 12.7. The van der Waals surface area contributed by atoms with Gasteiger partial charge in [-0.3, -0.25) is 14.6 Å². The Labute approximate surface area is 177 Å². The number of carbonyl (C=O) groups is 2. The van der Waals surface area contributed by atoms with Gasteiger partial charge >= 0.3 is 6.03 Å². The van der Waals surface area contributed by atoms with Gasteiger partial charge in [-0.05, 0) is 11.1 Å². The number of urea groups is 1. The lowest BCUT2D eigenvalue weighted by Crippen LogP contribution is -2.51. The summed E-state index contributed by atoms with van der Waals surface area (Å²) in [6.45, 7) is 4.82. The third-order valence-electron chi connectivity index (χ3n) is 5.67. The first kappa shape index (κ1) is 20.3. The molecule has 0 bridgehead atoms. The first-order chi connectivity index (χ1) is 14.7. The Morgan fingerprint density at radius 2 is 1.50 bits per heavy atom. The predicted molar refractivity (Wildman–Crippen MR) is 118 cm³/mol. The summed E-state index contributed by atoms with van der Waals surface area (Å²) in [7, 11) is 0. The molecule has 30 heavy (non-hydrogen) atoms.